The molecule has 0 unspecified atom stereocenters. The maximum atomic E-state index is 12.0. The van der Waals surface area contributed by atoms with Crippen LogP contribution in [0, 0.1) is 0 Å². The summed E-state index contributed by atoms with van der Waals surface area (Å²) >= 11 is 0. The van der Waals surface area contributed by atoms with Crippen molar-refractivity contribution >= 4 is 5.91 Å². The second kappa shape index (κ2) is 6.76. The summed E-state index contributed by atoms with van der Waals surface area (Å²) in [6.07, 6.45) is 1.91. The number of methoxy groups -OCH3 is 1. The Kier molecular flexibility index (Phi) is 5.02. The predicted molar refractivity (Wildman–Crippen MR) is 71.9 cm³/mol. The summed E-state index contributed by atoms with van der Waals surface area (Å²) < 4.78 is 7.01. The van der Waals surface area contributed by atoms with E-state index in [0.29, 0.717) is 19.0 Å². The average Bonchev–Trinajstić information content (AvgIpc) is 3.05. The number of hydrogen-bond acceptors (Lipinski definition) is 6. The molecule has 2 atom stereocenters. The molecule has 20 heavy (non-hydrogen) atoms. The Morgan fingerprint density at radius 2 is 2.30 bits per heavy atom. The van der Waals surface area contributed by atoms with E-state index in [1.165, 1.54) is 6.33 Å². The Morgan fingerprint density at radius 1 is 1.50 bits per heavy atom. The Morgan fingerprint density at radius 3 is 2.90 bits per heavy atom. The van der Waals surface area contributed by atoms with Crippen LogP contribution in [0.15, 0.2) is 6.33 Å². The smallest absolute Gasteiger partial charge is 0.222 e. The number of carbonyl (C=O) groups is 1. The van der Waals surface area contributed by atoms with Crippen LogP contribution in [0.5, 0.6) is 0 Å². The topological polar surface area (TPSA) is 85.2 Å². The molecule has 2 rings (SSSR count). The van der Waals surface area contributed by atoms with Crippen molar-refractivity contribution in [3.63, 3.8) is 0 Å². The molecule has 1 saturated heterocycles. The maximum absolute atomic E-state index is 12.0. The molecule has 0 aliphatic carbocycles. The van der Waals surface area contributed by atoms with Crippen molar-refractivity contribution in [1.82, 2.24) is 30.4 Å². The van der Waals surface area contributed by atoms with E-state index >= 15 is 0 Å². The fraction of sp³-hybridized carbons (Fsp3) is 0.833. The SMILES string of the molecule is CO[C@@H]1CN(C(C)C)C[C@H]1NC(=O)CCn1cnnn1. The number of nitrogens with one attached hydrogen (secondary N) is 1. The van der Waals surface area contributed by atoms with Gasteiger partial charge in [-0.1, -0.05) is 0 Å². The van der Waals surface area contributed by atoms with Gasteiger partial charge in [0.1, 0.15) is 6.33 Å². The zero-order chi connectivity index (χ0) is 14.5. The lowest BCUT2D eigenvalue weighted by Crippen LogP contribution is -2.44. The number of tetrazole rings is 1. The Bertz CT molecular complexity index is 422. The third-order valence-electron chi connectivity index (χ3n) is 3.63. The summed E-state index contributed by atoms with van der Waals surface area (Å²) in [6, 6.07) is 0.500. The molecular weight excluding hydrogens is 260 g/mol. The predicted octanol–water partition coefficient (Wildman–Crippen LogP) is -0.713. The minimum Gasteiger partial charge on any atom is -0.378 e. The molecule has 0 bridgehead atoms. The lowest BCUT2D eigenvalue weighted by Gasteiger charge is -2.20. The van der Waals surface area contributed by atoms with Gasteiger partial charge < -0.3 is 10.1 Å². The van der Waals surface area contributed by atoms with Gasteiger partial charge in [-0.25, -0.2) is 4.68 Å². The van der Waals surface area contributed by atoms with Crippen molar-refractivity contribution in [2.45, 2.75) is 45.0 Å². The summed E-state index contributed by atoms with van der Waals surface area (Å²) in [7, 11) is 1.69. The lowest BCUT2D eigenvalue weighted by molar-refractivity contribution is -0.122. The number of aryl methyl sites for hydroxylation is 1. The Labute approximate surface area is 118 Å². The van der Waals surface area contributed by atoms with Crippen molar-refractivity contribution in [3.05, 3.63) is 6.33 Å². The normalized spacial score (nSPS) is 23.4. The van der Waals surface area contributed by atoms with Gasteiger partial charge in [-0.2, -0.15) is 0 Å². The van der Waals surface area contributed by atoms with E-state index in [-0.39, 0.29) is 18.1 Å². The van der Waals surface area contributed by atoms with Gasteiger partial charge in [0.15, 0.2) is 0 Å². The summed E-state index contributed by atoms with van der Waals surface area (Å²) in [4.78, 5) is 14.3. The quantitative estimate of drug-likeness (QED) is 0.741. The van der Waals surface area contributed by atoms with Crippen molar-refractivity contribution in [3.8, 4) is 0 Å². The van der Waals surface area contributed by atoms with E-state index in [1.807, 2.05) is 0 Å². The van der Waals surface area contributed by atoms with Gasteiger partial charge in [-0.3, -0.25) is 9.69 Å². The van der Waals surface area contributed by atoms with Crippen molar-refractivity contribution in [2.24, 2.45) is 0 Å². The Hall–Kier alpha value is -1.54. The van der Waals surface area contributed by atoms with Gasteiger partial charge >= 0.3 is 0 Å². The molecule has 0 radical (unpaired) electrons. The monoisotopic (exact) mass is 282 g/mol. The van der Waals surface area contributed by atoms with Crippen LogP contribution in [-0.4, -0.2) is 69.4 Å². The molecule has 1 fully saturated rings. The van der Waals surface area contributed by atoms with Crippen LogP contribution < -0.4 is 5.32 Å². The molecule has 112 valence electrons. The third-order valence-corrected chi connectivity index (χ3v) is 3.63. The molecule has 8 heteroatoms. The zero-order valence-corrected chi connectivity index (χ0v) is 12.2. The Balaban J connectivity index is 1.80. The van der Waals surface area contributed by atoms with Crippen LogP contribution in [0.1, 0.15) is 20.3 Å². The van der Waals surface area contributed by atoms with Crippen LogP contribution in [-0.2, 0) is 16.1 Å². The van der Waals surface area contributed by atoms with E-state index in [9.17, 15) is 4.79 Å². The molecule has 1 N–H and O–H groups in total. The summed E-state index contributed by atoms with van der Waals surface area (Å²) in [5, 5.41) is 13.8. The number of rotatable bonds is 6. The molecule has 1 aliphatic heterocycles. The third kappa shape index (κ3) is 3.73. The number of ether oxygens (including phenoxy) is 1. The van der Waals surface area contributed by atoms with Crippen LogP contribution >= 0.6 is 0 Å². The first kappa shape index (κ1) is 14.9. The zero-order valence-electron chi connectivity index (χ0n) is 12.2. The maximum Gasteiger partial charge on any atom is 0.222 e. The molecule has 1 aliphatic rings. The number of amides is 1. The first-order chi connectivity index (χ1) is 9.60. The summed E-state index contributed by atoms with van der Waals surface area (Å²) in [5.41, 5.74) is 0. The standard InChI is InChI=1S/C12H22N6O2/c1-9(2)17-6-10(11(7-17)20-3)14-12(19)4-5-18-8-13-15-16-18/h8-11H,4-7H2,1-3H3,(H,14,19)/t10-,11-/m1/s1. The van der Waals surface area contributed by atoms with Crippen LogP contribution in [0.4, 0.5) is 0 Å². The highest BCUT2D eigenvalue weighted by atomic mass is 16.5. The first-order valence-electron chi connectivity index (χ1n) is 6.87. The molecule has 1 aromatic heterocycles. The number of nitrogens with zero attached hydrogens (tertiary/aromatic N) is 5. The van der Waals surface area contributed by atoms with E-state index in [2.05, 4.69) is 39.6 Å². The highest BCUT2D eigenvalue weighted by molar-refractivity contribution is 5.76. The van der Waals surface area contributed by atoms with E-state index in [4.69, 9.17) is 4.74 Å². The summed E-state index contributed by atoms with van der Waals surface area (Å²) in [6.45, 7) is 6.46. The largest absolute Gasteiger partial charge is 0.378 e. The molecule has 8 nitrogen and oxygen atoms in total. The molecular formula is C12H22N6O2. The van der Waals surface area contributed by atoms with Gasteiger partial charge in [-0.15, -0.1) is 5.10 Å². The van der Waals surface area contributed by atoms with Crippen LogP contribution in [0.25, 0.3) is 0 Å². The van der Waals surface area contributed by atoms with Gasteiger partial charge in [0.2, 0.25) is 5.91 Å². The van der Waals surface area contributed by atoms with Crippen molar-refractivity contribution in [1.29, 1.82) is 0 Å². The van der Waals surface area contributed by atoms with Crippen molar-refractivity contribution < 1.29 is 9.53 Å². The van der Waals surface area contributed by atoms with Crippen molar-refractivity contribution in [2.75, 3.05) is 20.2 Å². The fourth-order valence-electron chi connectivity index (χ4n) is 2.38. The second-order valence-corrected chi connectivity index (χ2v) is 5.32. The van der Waals surface area contributed by atoms with Crippen LogP contribution in [0.2, 0.25) is 0 Å². The lowest BCUT2D eigenvalue weighted by atomic mass is 10.2. The number of likely N-dealkylation sites (tertiary alicyclic amines) is 1. The molecule has 1 amide bonds. The number of carbonyl (C=O) groups excluding carboxylic acids is 1. The van der Waals surface area contributed by atoms with E-state index in [0.717, 1.165) is 13.1 Å². The second-order valence-electron chi connectivity index (χ2n) is 5.32. The van der Waals surface area contributed by atoms with Gasteiger partial charge in [-0.05, 0) is 24.3 Å². The van der Waals surface area contributed by atoms with E-state index < -0.39 is 0 Å². The molecule has 0 aromatic carbocycles. The first-order valence-corrected chi connectivity index (χ1v) is 6.87. The number of hydrogen-bond donors (Lipinski definition) is 1. The van der Waals surface area contributed by atoms with E-state index in [1.54, 1.807) is 11.8 Å². The highest BCUT2D eigenvalue weighted by Crippen LogP contribution is 2.15. The fourth-order valence-corrected chi connectivity index (χ4v) is 2.38. The molecule has 0 saturated carbocycles. The molecule has 2 heterocycles. The van der Waals surface area contributed by atoms with Gasteiger partial charge in [0.25, 0.3) is 0 Å². The minimum atomic E-state index is -0.00171. The number of aromatic nitrogens is 4. The van der Waals surface area contributed by atoms with Crippen LogP contribution in [0.3, 0.4) is 0 Å². The highest BCUT2D eigenvalue weighted by Gasteiger charge is 2.34. The molecule has 1 aromatic rings. The van der Waals surface area contributed by atoms with Gasteiger partial charge in [0.05, 0.1) is 18.7 Å². The minimum absolute atomic E-state index is 0.00171. The van der Waals surface area contributed by atoms with Gasteiger partial charge in [0, 0.05) is 32.7 Å². The summed E-state index contributed by atoms with van der Waals surface area (Å²) in [5.74, 6) is -0.00171. The molecule has 0 spiro atoms. The average molecular weight is 282 g/mol.